The zero-order valence-corrected chi connectivity index (χ0v) is 9.29. The summed E-state index contributed by atoms with van der Waals surface area (Å²) in [5, 5.41) is 12.0. The van der Waals surface area contributed by atoms with Gasteiger partial charge >= 0.3 is 0 Å². The number of aliphatic hydroxyl groups is 1. The molecule has 1 aromatic rings. The van der Waals surface area contributed by atoms with Gasteiger partial charge in [-0.3, -0.25) is 4.79 Å². The van der Waals surface area contributed by atoms with Crippen molar-refractivity contribution in [1.29, 1.82) is 0 Å². The van der Waals surface area contributed by atoms with E-state index in [9.17, 15) is 4.79 Å². The first kappa shape index (κ1) is 12.0. The number of hydrogen-bond donors (Lipinski definition) is 2. The normalized spacial score (nSPS) is 12.2. The van der Waals surface area contributed by atoms with Crippen molar-refractivity contribution in [3.8, 4) is 0 Å². The number of carbonyl (C=O) groups excluding carboxylic acids is 1. The lowest BCUT2D eigenvalue weighted by molar-refractivity contribution is -0.121. The van der Waals surface area contributed by atoms with Gasteiger partial charge in [0.1, 0.15) is 0 Å². The molecule has 0 bridgehead atoms. The third kappa shape index (κ3) is 4.32. The number of nitrogens with one attached hydrogen (secondary N) is 1. The van der Waals surface area contributed by atoms with Crippen molar-refractivity contribution < 1.29 is 9.90 Å². The van der Waals surface area contributed by atoms with Crippen LogP contribution >= 0.6 is 11.6 Å². The quantitative estimate of drug-likeness (QED) is 0.817. The molecule has 82 valence electrons. The van der Waals surface area contributed by atoms with Crippen LogP contribution in [-0.4, -0.2) is 23.7 Å². The molecule has 0 aliphatic heterocycles. The highest BCUT2D eigenvalue weighted by atomic mass is 35.5. The summed E-state index contributed by atoms with van der Waals surface area (Å²) in [6, 6.07) is 6.95. The Hall–Kier alpha value is -1.06. The summed E-state index contributed by atoms with van der Waals surface area (Å²) in [6.07, 6.45) is 0.283. The summed E-state index contributed by atoms with van der Waals surface area (Å²) in [5.74, 6) is -0.112. The standard InChI is InChI=1S/C11H14ClNO2/c1-8(7-14)13-11(15)6-9-3-2-4-10(12)5-9/h2-5,8,14H,6-7H2,1H3,(H,13,15). The highest BCUT2D eigenvalue weighted by Crippen LogP contribution is 2.10. The molecule has 1 unspecified atom stereocenters. The molecule has 0 saturated carbocycles. The minimum absolute atomic E-state index is 0.0543. The second-order valence-corrected chi connectivity index (χ2v) is 3.89. The van der Waals surface area contributed by atoms with Gasteiger partial charge in [0, 0.05) is 11.1 Å². The van der Waals surface area contributed by atoms with Gasteiger partial charge in [0.05, 0.1) is 13.0 Å². The van der Waals surface area contributed by atoms with Crippen LogP contribution < -0.4 is 5.32 Å². The van der Waals surface area contributed by atoms with Crippen molar-refractivity contribution in [3.05, 3.63) is 34.9 Å². The lowest BCUT2D eigenvalue weighted by atomic mass is 10.1. The molecule has 0 aliphatic rings. The fourth-order valence-electron chi connectivity index (χ4n) is 1.20. The van der Waals surface area contributed by atoms with Gasteiger partial charge in [-0.2, -0.15) is 0 Å². The maximum Gasteiger partial charge on any atom is 0.224 e. The first-order chi connectivity index (χ1) is 7.11. The maximum atomic E-state index is 11.4. The van der Waals surface area contributed by atoms with Crippen LogP contribution in [0.4, 0.5) is 0 Å². The molecular formula is C11H14ClNO2. The van der Waals surface area contributed by atoms with Crippen molar-refractivity contribution >= 4 is 17.5 Å². The highest BCUT2D eigenvalue weighted by molar-refractivity contribution is 6.30. The van der Waals surface area contributed by atoms with E-state index in [4.69, 9.17) is 16.7 Å². The number of amides is 1. The van der Waals surface area contributed by atoms with E-state index in [0.29, 0.717) is 5.02 Å². The van der Waals surface area contributed by atoms with E-state index in [0.717, 1.165) is 5.56 Å². The number of aliphatic hydroxyl groups excluding tert-OH is 1. The SMILES string of the molecule is CC(CO)NC(=O)Cc1cccc(Cl)c1. The monoisotopic (exact) mass is 227 g/mol. The van der Waals surface area contributed by atoms with Crippen LogP contribution in [0.5, 0.6) is 0 Å². The minimum atomic E-state index is -0.211. The molecule has 0 aliphatic carbocycles. The summed E-state index contributed by atoms with van der Waals surface area (Å²) in [6.45, 7) is 1.69. The van der Waals surface area contributed by atoms with Crippen molar-refractivity contribution in [2.24, 2.45) is 0 Å². The predicted octanol–water partition coefficient (Wildman–Crippen LogP) is 1.38. The van der Waals surface area contributed by atoms with Gasteiger partial charge in [-0.1, -0.05) is 23.7 Å². The Morgan fingerprint density at radius 1 is 1.60 bits per heavy atom. The van der Waals surface area contributed by atoms with Gasteiger partial charge in [0.2, 0.25) is 5.91 Å². The topological polar surface area (TPSA) is 49.3 Å². The molecular weight excluding hydrogens is 214 g/mol. The first-order valence-electron chi connectivity index (χ1n) is 4.76. The second-order valence-electron chi connectivity index (χ2n) is 3.46. The number of hydrogen-bond acceptors (Lipinski definition) is 2. The number of carbonyl (C=O) groups is 1. The molecule has 1 aromatic carbocycles. The van der Waals surface area contributed by atoms with Gasteiger partial charge in [-0.05, 0) is 24.6 Å². The predicted molar refractivity (Wildman–Crippen MR) is 59.8 cm³/mol. The molecule has 3 nitrogen and oxygen atoms in total. The highest BCUT2D eigenvalue weighted by Gasteiger charge is 2.06. The average molecular weight is 228 g/mol. The van der Waals surface area contributed by atoms with E-state index in [1.165, 1.54) is 0 Å². The molecule has 0 saturated heterocycles. The van der Waals surface area contributed by atoms with Gasteiger partial charge in [0.15, 0.2) is 0 Å². The number of halogens is 1. The van der Waals surface area contributed by atoms with Crippen molar-refractivity contribution in [2.45, 2.75) is 19.4 Å². The van der Waals surface area contributed by atoms with E-state index in [1.54, 1.807) is 25.1 Å². The van der Waals surface area contributed by atoms with Crippen molar-refractivity contribution in [1.82, 2.24) is 5.32 Å². The van der Waals surface area contributed by atoms with E-state index in [-0.39, 0.29) is 25.0 Å². The summed E-state index contributed by atoms with van der Waals surface area (Å²) < 4.78 is 0. The number of benzene rings is 1. The van der Waals surface area contributed by atoms with Crippen molar-refractivity contribution in [3.63, 3.8) is 0 Å². The molecule has 2 N–H and O–H groups in total. The summed E-state index contributed by atoms with van der Waals surface area (Å²) in [5.41, 5.74) is 0.866. The third-order valence-corrected chi connectivity index (χ3v) is 2.17. The van der Waals surface area contributed by atoms with E-state index >= 15 is 0 Å². The molecule has 0 radical (unpaired) electrons. The van der Waals surface area contributed by atoms with Gasteiger partial charge in [0.25, 0.3) is 0 Å². The Kier molecular flexibility index (Phi) is 4.59. The fraction of sp³-hybridized carbons (Fsp3) is 0.364. The largest absolute Gasteiger partial charge is 0.394 e. The number of rotatable bonds is 4. The second kappa shape index (κ2) is 5.73. The molecule has 0 aromatic heterocycles. The van der Waals surface area contributed by atoms with Crippen LogP contribution in [0.25, 0.3) is 0 Å². The third-order valence-electron chi connectivity index (χ3n) is 1.93. The molecule has 1 atom stereocenters. The maximum absolute atomic E-state index is 11.4. The van der Waals surface area contributed by atoms with Crippen molar-refractivity contribution in [2.75, 3.05) is 6.61 Å². The van der Waals surface area contributed by atoms with Gasteiger partial charge < -0.3 is 10.4 Å². The molecule has 4 heteroatoms. The Morgan fingerprint density at radius 3 is 2.93 bits per heavy atom. The van der Waals surface area contributed by atoms with Crippen LogP contribution in [0.15, 0.2) is 24.3 Å². The van der Waals surface area contributed by atoms with Gasteiger partial charge in [-0.25, -0.2) is 0 Å². The Bertz CT molecular complexity index is 341. The van der Waals surface area contributed by atoms with Gasteiger partial charge in [-0.15, -0.1) is 0 Å². The van der Waals surface area contributed by atoms with Crippen LogP contribution in [0.1, 0.15) is 12.5 Å². The molecule has 0 heterocycles. The van der Waals surface area contributed by atoms with Crippen LogP contribution in [0.2, 0.25) is 5.02 Å². The summed E-state index contributed by atoms with van der Waals surface area (Å²) in [7, 11) is 0. The lowest BCUT2D eigenvalue weighted by Gasteiger charge is -2.10. The minimum Gasteiger partial charge on any atom is -0.394 e. The van der Waals surface area contributed by atoms with Crippen LogP contribution in [-0.2, 0) is 11.2 Å². The molecule has 1 amide bonds. The lowest BCUT2D eigenvalue weighted by Crippen LogP contribution is -2.35. The Balaban J connectivity index is 2.51. The molecule has 0 spiro atoms. The smallest absolute Gasteiger partial charge is 0.224 e. The molecule has 0 fully saturated rings. The Labute approximate surface area is 94.1 Å². The van der Waals surface area contributed by atoms with E-state index in [1.807, 2.05) is 6.07 Å². The molecule has 1 rings (SSSR count). The summed E-state index contributed by atoms with van der Waals surface area (Å²) in [4.78, 5) is 11.4. The fourth-order valence-corrected chi connectivity index (χ4v) is 1.42. The van der Waals surface area contributed by atoms with E-state index < -0.39 is 0 Å². The first-order valence-corrected chi connectivity index (χ1v) is 5.14. The zero-order chi connectivity index (χ0) is 11.3. The average Bonchev–Trinajstić information content (AvgIpc) is 2.17. The van der Waals surface area contributed by atoms with Crippen LogP contribution in [0, 0.1) is 0 Å². The van der Waals surface area contributed by atoms with E-state index in [2.05, 4.69) is 5.32 Å². The Morgan fingerprint density at radius 2 is 2.33 bits per heavy atom. The summed E-state index contributed by atoms with van der Waals surface area (Å²) >= 11 is 5.79. The van der Waals surface area contributed by atoms with Crippen LogP contribution in [0.3, 0.4) is 0 Å². The molecule has 15 heavy (non-hydrogen) atoms. The zero-order valence-electron chi connectivity index (χ0n) is 8.53.